The van der Waals surface area contributed by atoms with Gasteiger partial charge in [-0.1, -0.05) is 20.8 Å². The van der Waals surface area contributed by atoms with Crippen LogP contribution in [0.4, 0.5) is 0 Å². The van der Waals surface area contributed by atoms with Gasteiger partial charge in [-0.05, 0) is 12.3 Å². The highest BCUT2D eigenvalue weighted by molar-refractivity contribution is 6.27. The average Bonchev–Trinajstić information content (AvgIpc) is 2.12. The lowest BCUT2D eigenvalue weighted by molar-refractivity contribution is -0.149. The number of amides is 1. The van der Waals surface area contributed by atoms with E-state index in [1.54, 1.807) is 20.8 Å². The third-order valence-corrected chi connectivity index (χ3v) is 2.65. The molecule has 5 heteroatoms. The Morgan fingerprint density at radius 3 is 2.21 bits per heavy atom. The summed E-state index contributed by atoms with van der Waals surface area (Å²) in [6.07, 6.45) is 0.336. The number of hydrogen-bond donors (Lipinski definition) is 2. The molecule has 0 aromatic heterocycles. The highest BCUT2D eigenvalue weighted by Crippen LogP contribution is 2.21. The van der Waals surface area contributed by atoms with Crippen molar-refractivity contribution in [3.8, 4) is 0 Å². The molecule has 0 saturated heterocycles. The third-order valence-electron chi connectivity index (χ3n) is 2.41. The van der Waals surface area contributed by atoms with Gasteiger partial charge in [0.25, 0.3) is 0 Å². The van der Waals surface area contributed by atoms with Crippen LogP contribution in [0.3, 0.4) is 0 Å². The van der Waals surface area contributed by atoms with Crippen LogP contribution in [-0.2, 0) is 9.59 Å². The Morgan fingerprint density at radius 1 is 1.50 bits per heavy atom. The fourth-order valence-corrected chi connectivity index (χ4v) is 1.44. The number of halogens is 1. The molecule has 0 rings (SSSR count). The topological polar surface area (TPSA) is 66.4 Å². The summed E-state index contributed by atoms with van der Waals surface area (Å²) in [5, 5.41) is 11.5. The van der Waals surface area contributed by atoms with Crippen molar-refractivity contribution in [2.45, 2.75) is 32.7 Å². The van der Waals surface area contributed by atoms with Crippen LogP contribution in [0.15, 0.2) is 0 Å². The van der Waals surface area contributed by atoms with E-state index >= 15 is 0 Å². The SMILES string of the molecule is CC[C@@](NC(=O)CCl)(C(=O)O)C(C)C. The Labute approximate surface area is 88.6 Å². The van der Waals surface area contributed by atoms with Crippen LogP contribution >= 0.6 is 11.6 Å². The zero-order valence-corrected chi connectivity index (χ0v) is 9.39. The van der Waals surface area contributed by atoms with Crippen molar-refractivity contribution >= 4 is 23.5 Å². The van der Waals surface area contributed by atoms with Crippen LogP contribution in [0.1, 0.15) is 27.2 Å². The minimum Gasteiger partial charge on any atom is -0.479 e. The number of alkyl halides is 1. The van der Waals surface area contributed by atoms with E-state index in [1.807, 2.05) is 0 Å². The predicted molar refractivity (Wildman–Crippen MR) is 54.4 cm³/mol. The van der Waals surface area contributed by atoms with Gasteiger partial charge in [-0.2, -0.15) is 0 Å². The molecule has 0 bridgehead atoms. The summed E-state index contributed by atoms with van der Waals surface area (Å²) in [6, 6.07) is 0. The molecule has 0 heterocycles. The highest BCUT2D eigenvalue weighted by atomic mass is 35.5. The van der Waals surface area contributed by atoms with Crippen LogP contribution in [0.2, 0.25) is 0 Å². The molecule has 1 amide bonds. The van der Waals surface area contributed by atoms with E-state index < -0.39 is 17.4 Å². The maximum Gasteiger partial charge on any atom is 0.329 e. The number of hydrogen-bond acceptors (Lipinski definition) is 2. The minimum atomic E-state index is -1.20. The van der Waals surface area contributed by atoms with E-state index in [2.05, 4.69) is 5.32 Å². The number of carboxylic acids is 1. The van der Waals surface area contributed by atoms with Gasteiger partial charge in [0.1, 0.15) is 11.4 Å². The number of carboxylic acid groups (broad SMARTS) is 1. The summed E-state index contributed by atoms with van der Waals surface area (Å²) in [5.41, 5.74) is -1.20. The molecule has 0 aromatic carbocycles. The van der Waals surface area contributed by atoms with Gasteiger partial charge in [0, 0.05) is 0 Å². The van der Waals surface area contributed by atoms with E-state index in [-0.39, 0.29) is 11.8 Å². The Balaban J connectivity index is 4.86. The Bertz CT molecular complexity index is 230. The summed E-state index contributed by atoms with van der Waals surface area (Å²) in [7, 11) is 0. The molecule has 0 saturated carbocycles. The lowest BCUT2D eigenvalue weighted by Gasteiger charge is -2.33. The average molecular weight is 222 g/mol. The molecule has 0 fully saturated rings. The van der Waals surface area contributed by atoms with Crippen molar-refractivity contribution in [2.75, 3.05) is 5.88 Å². The van der Waals surface area contributed by atoms with Gasteiger partial charge in [-0.25, -0.2) is 4.79 Å². The quantitative estimate of drug-likeness (QED) is 0.687. The second kappa shape index (κ2) is 5.20. The van der Waals surface area contributed by atoms with Gasteiger partial charge < -0.3 is 10.4 Å². The summed E-state index contributed by atoms with van der Waals surface area (Å²) in [5.74, 6) is -1.88. The van der Waals surface area contributed by atoms with Crippen LogP contribution < -0.4 is 5.32 Å². The van der Waals surface area contributed by atoms with Gasteiger partial charge in [-0.15, -0.1) is 11.6 Å². The van der Waals surface area contributed by atoms with Crippen molar-refractivity contribution in [2.24, 2.45) is 5.92 Å². The first-order valence-corrected chi connectivity index (χ1v) is 5.04. The highest BCUT2D eigenvalue weighted by Gasteiger charge is 2.41. The van der Waals surface area contributed by atoms with E-state index in [4.69, 9.17) is 16.7 Å². The Hall–Kier alpha value is -0.770. The molecule has 0 radical (unpaired) electrons. The van der Waals surface area contributed by atoms with Gasteiger partial charge in [0.15, 0.2) is 0 Å². The van der Waals surface area contributed by atoms with E-state index in [1.165, 1.54) is 0 Å². The summed E-state index contributed by atoms with van der Waals surface area (Å²) < 4.78 is 0. The maximum atomic E-state index is 11.1. The molecule has 0 aliphatic carbocycles. The van der Waals surface area contributed by atoms with Crippen molar-refractivity contribution in [1.29, 1.82) is 0 Å². The zero-order chi connectivity index (χ0) is 11.4. The molecular weight excluding hydrogens is 206 g/mol. The largest absolute Gasteiger partial charge is 0.479 e. The molecule has 4 nitrogen and oxygen atoms in total. The smallest absolute Gasteiger partial charge is 0.329 e. The Morgan fingerprint density at radius 2 is 2.00 bits per heavy atom. The first-order valence-electron chi connectivity index (χ1n) is 4.51. The lowest BCUT2D eigenvalue weighted by Crippen LogP contribution is -2.58. The van der Waals surface area contributed by atoms with Gasteiger partial charge in [0.2, 0.25) is 5.91 Å². The summed E-state index contributed by atoms with van der Waals surface area (Å²) in [6.45, 7) is 5.24. The third kappa shape index (κ3) is 2.61. The van der Waals surface area contributed by atoms with Crippen LogP contribution in [0, 0.1) is 5.92 Å². The maximum absolute atomic E-state index is 11.1. The fourth-order valence-electron chi connectivity index (χ4n) is 1.37. The van der Waals surface area contributed by atoms with Crippen LogP contribution in [0.5, 0.6) is 0 Å². The summed E-state index contributed by atoms with van der Waals surface area (Å²) in [4.78, 5) is 22.2. The van der Waals surface area contributed by atoms with Crippen molar-refractivity contribution in [1.82, 2.24) is 5.32 Å². The van der Waals surface area contributed by atoms with Crippen LogP contribution in [0.25, 0.3) is 0 Å². The molecule has 0 aliphatic heterocycles. The van der Waals surface area contributed by atoms with Gasteiger partial charge in [-0.3, -0.25) is 4.79 Å². The first-order chi connectivity index (χ1) is 6.40. The second-order valence-corrected chi connectivity index (χ2v) is 3.73. The van der Waals surface area contributed by atoms with Crippen molar-refractivity contribution in [3.05, 3.63) is 0 Å². The molecule has 14 heavy (non-hydrogen) atoms. The number of aliphatic carboxylic acids is 1. The number of carbonyl (C=O) groups excluding carboxylic acids is 1. The second-order valence-electron chi connectivity index (χ2n) is 3.47. The van der Waals surface area contributed by atoms with E-state index in [0.29, 0.717) is 6.42 Å². The number of nitrogens with one attached hydrogen (secondary N) is 1. The number of rotatable bonds is 5. The first kappa shape index (κ1) is 13.2. The van der Waals surface area contributed by atoms with Gasteiger partial charge in [0.05, 0.1) is 0 Å². The fraction of sp³-hybridized carbons (Fsp3) is 0.778. The molecule has 0 spiro atoms. The summed E-state index contributed by atoms with van der Waals surface area (Å²) >= 11 is 5.32. The number of carbonyl (C=O) groups is 2. The monoisotopic (exact) mass is 221 g/mol. The van der Waals surface area contributed by atoms with E-state index in [9.17, 15) is 9.59 Å². The molecular formula is C9H16ClNO3. The van der Waals surface area contributed by atoms with Crippen LogP contribution in [-0.4, -0.2) is 28.4 Å². The molecule has 0 aromatic rings. The molecule has 2 N–H and O–H groups in total. The predicted octanol–water partition coefficient (Wildman–Crippen LogP) is 1.23. The molecule has 1 atom stereocenters. The van der Waals surface area contributed by atoms with E-state index in [0.717, 1.165) is 0 Å². The normalized spacial score (nSPS) is 14.9. The van der Waals surface area contributed by atoms with Gasteiger partial charge >= 0.3 is 5.97 Å². The molecule has 0 aliphatic rings. The molecule has 0 unspecified atom stereocenters. The minimum absolute atomic E-state index is 0.183. The van der Waals surface area contributed by atoms with Crippen molar-refractivity contribution < 1.29 is 14.7 Å². The Kier molecular flexibility index (Phi) is 4.91. The lowest BCUT2D eigenvalue weighted by atomic mass is 9.84. The molecule has 82 valence electrons. The van der Waals surface area contributed by atoms with Crippen molar-refractivity contribution in [3.63, 3.8) is 0 Å². The zero-order valence-electron chi connectivity index (χ0n) is 8.63. The standard InChI is InChI=1S/C9H16ClNO3/c1-4-9(6(2)3,8(13)14)11-7(12)5-10/h6H,4-5H2,1-3H3,(H,11,12)(H,13,14)/t9-/m0/s1.